The zero-order valence-electron chi connectivity index (χ0n) is 21.4. The number of hydrogen-bond donors (Lipinski definition) is 1. The molecule has 0 aliphatic carbocycles. The lowest BCUT2D eigenvalue weighted by atomic mass is 9.94. The maximum Gasteiger partial charge on any atom is 0.295 e. The lowest BCUT2D eigenvalue weighted by Gasteiger charge is -2.29. The van der Waals surface area contributed by atoms with Crippen LogP contribution in [0.4, 0.5) is 0 Å². The van der Waals surface area contributed by atoms with Gasteiger partial charge in [0.2, 0.25) is 5.78 Å². The molecule has 1 atom stereocenters. The van der Waals surface area contributed by atoms with Gasteiger partial charge >= 0.3 is 0 Å². The number of quaternary nitrogens is 1. The average molecular weight is 493 g/mol. The van der Waals surface area contributed by atoms with Gasteiger partial charge in [0.25, 0.3) is 5.91 Å². The summed E-state index contributed by atoms with van der Waals surface area (Å²) in [6.45, 7) is 11.2. The van der Waals surface area contributed by atoms with E-state index in [0.717, 1.165) is 50.4 Å². The first kappa shape index (κ1) is 25.9. The number of hydrogen-bond acceptors (Lipinski definition) is 5. The fourth-order valence-electron chi connectivity index (χ4n) is 4.88. The first-order valence-electron chi connectivity index (χ1n) is 12.8. The number of benzene rings is 2. The minimum absolute atomic E-state index is 0.0314. The molecule has 1 amide bonds. The van der Waals surface area contributed by atoms with E-state index >= 15 is 0 Å². The van der Waals surface area contributed by atoms with Crippen molar-refractivity contribution in [3.8, 4) is 5.75 Å². The van der Waals surface area contributed by atoms with Crippen LogP contribution in [0.3, 0.4) is 0 Å². The summed E-state index contributed by atoms with van der Waals surface area (Å²) in [5.74, 6) is -0.627. The average Bonchev–Trinajstić information content (AvgIpc) is 3.13. The van der Waals surface area contributed by atoms with Gasteiger partial charge in [0.1, 0.15) is 18.8 Å². The fourth-order valence-corrected chi connectivity index (χ4v) is 4.88. The molecule has 0 bridgehead atoms. The summed E-state index contributed by atoms with van der Waals surface area (Å²) in [5, 5.41) is 13.8. The van der Waals surface area contributed by atoms with Gasteiger partial charge in [0.05, 0.1) is 32.4 Å². The Balaban J connectivity index is 1.63. The number of ketones is 1. The molecule has 2 fully saturated rings. The monoisotopic (exact) mass is 492 g/mol. The number of carbonyl (C=O) groups excluding carboxylic acids is 2. The molecule has 0 saturated carbocycles. The molecule has 2 heterocycles. The molecule has 4 rings (SSSR count). The normalized spacial score (nSPS) is 20.3. The van der Waals surface area contributed by atoms with Gasteiger partial charge in [0, 0.05) is 18.5 Å². The summed E-state index contributed by atoms with van der Waals surface area (Å²) in [7, 11) is 0. The number of rotatable bonds is 9. The van der Waals surface area contributed by atoms with Crippen LogP contribution in [0, 0.1) is 12.8 Å². The summed E-state index contributed by atoms with van der Waals surface area (Å²) in [6.07, 6.45) is 0.750. The van der Waals surface area contributed by atoms with E-state index in [4.69, 9.17) is 9.47 Å². The van der Waals surface area contributed by atoms with Crippen LogP contribution < -0.4 is 14.7 Å². The molecule has 2 aromatic rings. The van der Waals surface area contributed by atoms with Crippen molar-refractivity contribution < 1.29 is 29.1 Å². The standard InChI is InChI=1S/C29H36N2O5/c1-20(2)19-36-23-10-11-24(21(3)18-23)27(32)25-26(22-8-5-4-6-9-22)31(29(34)28(25)33)13-7-12-30-14-16-35-17-15-30/h4-6,8-11,18,20,26,32H,7,12-17,19H2,1-3H3/b27-25+. The van der Waals surface area contributed by atoms with E-state index in [1.807, 2.05) is 43.3 Å². The molecule has 7 heteroatoms. The summed E-state index contributed by atoms with van der Waals surface area (Å²) < 4.78 is 11.2. The number of Topliss-reactive ketones (excluding diaryl/α,β-unsaturated/α-hetero) is 1. The van der Waals surface area contributed by atoms with E-state index in [0.29, 0.717) is 30.4 Å². The highest BCUT2D eigenvalue weighted by molar-refractivity contribution is 6.46. The van der Waals surface area contributed by atoms with Crippen molar-refractivity contribution in [3.05, 3.63) is 70.8 Å². The molecule has 0 spiro atoms. The second kappa shape index (κ2) is 11.7. The molecule has 0 radical (unpaired) electrons. The second-order valence-corrected chi connectivity index (χ2v) is 10.0. The molecule has 1 N–H and O–H groups in total. The van der Waals surface area contributed by atoms with Gasteiger partial charge in [-0.25, -0.2) is 0 Å². The number of likely N-dealkylation sites (tertiary alicyclic amines) is 1. The largest absolute Gasteiger partial charge is 0.872 e. The van der Waals surface area contributed by atoms with Crippen LogP contribution in [-0.2, 0) is 14.3 Å². The van der Waals surface area contributed by atoms with Gasteiger partial charge in [-0.15, -0.1) is 0 Å². The van der Waals surface area contributed by atoms with Crippen LogP contribution in [0.25, 0.3) is 5.76 Å². The lowest BCUT2D eigenvalue weighted by molar-refractivity contribution is -0.908. The molecule has 1 unspecified atom stereocenters. The van der Waals surface area contributed by atoms with Crippen molar-refractivity contribution in [1.82, 2.24) is 4.90 Å². The maximum atomic E-state index is 13.8. The van der Waals surface area contributed by atoms with Crippen LogP contribution in [-0.4, -0.2) is 62.6 Å². The molecule has 7 nitrogen and oxygen atoms in total. The van der Waals surface area contributed by atoms with Crippen molar-refractivity contribution >= 4 is 17.4 Å². The Morgan fingerprint density at radius 3 is 2.53 bits per heavy atom. The molecular formula is C29H36N2O5. The third-order valence-electron chi connectivity index (χ3n) is 6.80. The molecule has 2 saturated heterocycles. The van der Waals surface area contributed by atoms with Crippen LogP contribution in [0.2, 0.25) is 0 Å². The second-order valence-electron chi connectivity index (χ2n) is 10.0. The highest BCUT2D eigenvalue weighted by Gasteiger charge is 2.44. The predicted molar refractivity (Wildman–Crippen MR) is 135 cm³/mol. The number of amides is 1. The smallest absolute Gasteiger partial charge is 0.295 e. The van der Waals surface area contributed by atoms with Crippen molar-refractivity contribution in [2.24, 2.45) is 5.92 Å². The fraction of sp³-hybridized carbons (Fsp3) is 0.448. The van der Waals surface area contributed by atoms with Crippen LogP contribution in [0.15, 0.2) is 54.1 Å². The Morgan fingerprint density at radius 1 is 1.14 bits per heavy atom. The summed E-state index contributed by atoms with van der Waals surface area (Å²) in [4.78, 5) is 29.4. The van der Waals surface area contributed by atoms with E-state index < -0.39 is 23.5 Å². The Hall–Kier alpha value is -3.16. The Labute approximate surface area is 213 Å². The van der Waals surface area contributed by atoms with Gasteiger partial charge in [-0.1, -0.05) is 56.0 Å². The number of morpholine rings is 1. The van der Waals surface area contributed by atoms with E-state index in [-0.39, 0.29) is 5.57 Å². The van der Waals surface area contributed by atoms with Crippen molar-refractivity contribution in [3.63, 3.8) is 0 Å². The molecule has 192 valence electrons. The van der Waals surface area contributed by atoms with E-state index in [2.05, 4.69) is 13.8 Å². The zero-order chi connectivity index (χ0) is 25.7. The van der Waals surface area contributed by atoms with E-state index in [1.165, 1.54) is 4.90 Å². The minimum Gasteiger partial charge on any atom is -0.872 e. The maximum absolute atomic E-state index is 13.8. The Kier molecular flexibility index (Phi) is 8.44. The van der Waals surface area contributed by atoms with Gasteiger partial charge in [-0.3, -0.25) is 9.59 Å². The van der Waals surface area contributed by atoms with Gasteiger partial charge in [-0.2, -0.15) is 0 Å². The quantitative estimate of drug-likeness (QED) is 0.326. The zero-order valence-corrected chi connectivity index (χ0v) is 21.4. The molecule has 36 heavy (non-hydrogen) atoms. The Morgan fingerprint density at radius 2 is 1.86 bits per heavy atom. The van der Waals surface area contributed by atoms with Crippen molar-refractivity contribution in [2.45, 2.75) is 33.2 Å². The third kappa shape index (κ3) is 5.79. The highest BCUT2D eigenvalue weighted by atomic mass is 16.5. The van der Waals surface area contributed by atoms with Crippen LogP contribution in [0.5, 0.6) is 5.75 Å². The third-order valence-corrected chi connectivity index (χ3v) is 6.80. The molecule has 2 aliphatic heterocycles. The number of carbonyl (C=O) groups is 2. The predicted octanol–water partition coefficient (Wildman–Crippen LogP) is 1.56. The van der Waals surface area contributed by atoms with Gasteiger partial charge < -0.3 is 24.4 Å². The summed E-state index contributed by atoms with van der Waals surface area (Å²) in [5.41, 5.74) is 1.94. The molecular weight excluding hydrogens is 456 g/mol. The molecule has 0 aromatic heterocycles. The number of ether oxygens (including phenoxy) is 2. The topological polar surface area (TPSA) is 83.3 Å². The molecule has 2 aliphatic rings. The first-order chi connectivity index (χ1) is 17.4. The van der Waals surface area contributed by atoms with Gasteiger partial charge in [-0.05, 0) is 41.7 Å². The minimum atomic E-state index is -0.702. The van der Waals surface area contributed by atoms with E-state index in [9.17, 15) is 14.7 Å². The van der Waals surface area contributed by atoms with Gasteiger partial charge in [0.15, 0.2) is 0 Å². The number of nitrogens with zero attached hydrogens (tertiary/aromatic N) is 1. The van der Waals surface area contributed by atoms with Crippen molar-refractivity contribution in [2.75, 3.05) is 46.0 Å². The van der Waals surface area contributed by atoms with Crippen LogP contribution in [0.1, 0.15) is 43.0 Å². The van der Waals surface area contributed by atoms with Crippen molar-refractivity contribution in [1.29, 1.82) is 0 Å². The Bertz CT molecular complexity index is 1110. The summed E-state index contributed by atoms with van der Waals surface area (Å²) >= 11 is 0. The highest BCUT2D eigenvalue weighted by Crippen LogP contribution is 2.39. The first-order valence-corrected chi connectivity index (χ1v) is 12.8. The number of nitrogens with one attached hydrogen (secondary N) is 1. The van der Waals surface area contributed by atoms with E-state index in [1.54, 1.807) is 17.0 Å². The summed E-state index contributed by atoms with van der Waals surface area (Å²) in [6, 6.07) is 14.0. The SMILES string of the molecule is Cc1cc(OCC(C)C)ccc1/C([O-])=C1\C(=O)C(=O)N(CCC[NH+]2CCOCC2)C1c1ccccc1. The number of aryl methyl sites for hydroxylation is 1. The van der Waals surface area contributed by atoms with Crippen LogP contribution >= 0.6 is 0 Å². The molecule has 2 aromatic carbocycles. The lowest BCUT2D eigenvalue weighted by Crippen LogP contribution is -3.14.